The van der Waals surface area contributed by atoms with Crippen molar-refractivity contribution >= 4 is 17.9 Å². The standard InChI is InChI=1S/C18H22F2N4O2/c1-12(15(9-21-2)26-11-16(19)20)5-4-8-24-10-14-13(18(24)25)6-7-23-17(14)22-3/h4-7,9,16H,8,10-11H2,1-3H3,(H,22,23)/b5-4+,15-12+,21-9-. The lowest BCUT2D eigenvalue weighted by molar-refractivity contribution is 0.0544. The number of aliphatic imine (C=N–C) groups is 1. The number of ether oxygens (including phenoxy) is 1. The summed E-state index contributed by atoms with van der Waals surface area (Å²) in [5.41, 5.74) is 2.17. The summed E-state index contributed by atoms with van der Waals surface area (Å²) in [6.45, 7) is 1.91. The minimum Gasteiger partial charge on any atom is -0.486 e. The van der Waals surface area contributed by atoms with Crippen molar-refractivity contribution in [3.63, 3.8) is 0 Å². The van der Waals surface area contributed by atoms with E-state index in [4.69, 9.17) is 4.74 Å². The monoisotopic (exact) mass is 364 g/mol. The predicted molar refractivity (Wildman–Crippen MR) is 96.7 cm³/mol. The van der Waals surface area contributed by atoms with E-state index in [9.17, 15) is 13.6 Å². The lowest BCUT2D eigenvalue weighted by atomic mass is 10.1. The maximum atomic E-state index is 12.4. The quantitative estimate of drug-likeness (QED) is 0.438. The zero-order valence-corrected chi connectivity index (χ0v) is 15.0. The first-order chi connectivity index (χ1) is 12.5. The van der Waals surface area contributed by atoms with E-state index in [2.05, 4.69) is 15.3 Å². The number of aromatic nitrogens is 1. The number of carbonyl (C=O) groups is 1. The Morgan fingerprint density at radius 2 is 2.31 bits per heavy atom. The van der Waals surface area contributed by atoms with Gasteiger partial charge < -0.3 is 15.0 Å². The van der Waals surface area contributed by atoms with Crippen molar-refractivity contribution in [1.82, 2.24) is 9.88 Å². The summed E-state index contributed by atoms with van der Waals surface area (Å²) in [5.74, 6) is 0.913. The van der Waals surface area contributed by atoms with Gasteiger partial charge in [0.25, 0.3) is 12.3 Å². The molecule has 0 unspecified atom stereocenters. The fraction of sp³-hybridized carbons (Fsp3) is 0.389. The Morgan fingerprint density at radius 3 is 2.96 bits per heavy atom. The van der Waals surface area contributed by atoms with Crippen LogP contribution in [0.25, 0.3) is 0 Å². The molecular formula is C18H22F2N4O2. The molecule has 2 rings (SSSR count). The van der Waals surface area contributed by atoms with Crippen molar-refractivity contribution in [2.45, 2.75) is 19.9 Å². The van der Waals surface area contributed by atoms with Crippen molar-refractivity contribution < 1.29 is 18.3 Å². The Morgan fingerprint density at radius 1 is 1.54 bits per heavy atom. The van der Waals surface area contributed by atoms with Crippen LogP contribution in [0.1, 0.15) is 22.8 Å². The average Bonchev–Trinajstić information content (AvgIpc) is 2.94. The lowest BCUT2D eigenvalue weighted by Crippen LogP contribution is -2.23. The largest absolute Gasteiger partial charge is 0.486 e. The third-order valence-corrected chi connectivity index (χ3v) is 3.85. The molecule has 1 amide bonds. The van der Waals surface area contributed by atoms with Crippen LogP contribution in [-0.2, 0) is 11.3 Å². The highest BCUT2D eigenvalue weighted by Gasteiger charge is 2.28. The number of amides is 1. The summed E-state index contributed by atoms with van der Waals surface area (Å²) in [5, 5.41) is 2.99. The summed E-state index contributed by atoms with van der Waals surface area (Å²) in [4.78, 5) is 22.2. The topological polar surface area (TPSA) is 66.8 Å². The summed E-state index contributed by atoms with van der Waals surface area (Å²) < 4.78 is 29.7. The van der Waals surface area contributed by atoms with E-state index in [-0.39, 0.29) is 11.7 Å². The predicted octanol–water partition coefficient (Wildman–Crippen LogP) is 2.89. The van der Waals surface area contributed by atoms with E-state index in [1.54, 1.807) is 43.3 Å². The van der Waals surface area contributed by atoms with Gasteiger partial charge in [-0.25, -0.2) is 13.8 Å². The number of allylic oxidation sites excluding steroid dienone is 3. The van der Waals surface area contributed by atoms with Crippen molar-refractivity contribution in [2.24, 2.45) is 4.99 Å². The number of nitrogens with zero attached hydrogens (tertiary/aromatic N) is 3. The van der Waals surface area contributed by atoms with Gasteiger partial charge in [0.1, 0.15) is 18.2 Å². The molecule has 1 aromatic rings. The number of halogens is 2. The van der Waals surface area contributed by atoms with Crippen LogP contribution < -0.4 is 5.32 Å². The normalized spacial score (nSPS) is 15.2. The van der Waals surface area contributed by atoms with Crippen LogP contribution in [-0.4, -0.2) is 55.7 Å². The van der Waals surface area contributed by atoms with Crippen LogP contribution >= 0.6 is 0 Å². The molecule has 26 heavy (non-hydrogen) atoms. The van der Waals surface area contributed by atoms with Gasteiger partial charge in [0.2, 0.25) is 0 Å². The minimum absolute atomic E-state index is 0.0607. The number of hydrogen-bond acceptors (Lipinski definition) is 5. The molecule has 6 nitrogen and oxygen atoms in total. The highest BCUT2D eigenvalue weighted by Crippen LogP contribution is 2.27. The van der Waals surface area contributed by atoms with Gasteiger partial charge in [0.05, 0.1) is 12.8 Å². The lowest BCUT2D eigenvalue weighted by Gasteiger charge is -2.13. The minimum atomic E-state index is -2.55. The Kier molecular flexibility index (Phi) is 6.82. The first-order valence-corrected chi connectivity index (χ1v) is 8.13. The molecule has 1 aromatic heterocycles. The second-order valence-corrected chi connectivity index (χ2v) is 5.66. The van der Waals surface area contributed by atoms with Crippen molar-refractivity contribution in [2.75, 3.05) is 32.6 Å². The van der Waals surface area contributed by atoms with Crippen LogP contribution in [0.3, 0.4) is 0 Å². The summed E-state index contributed by atoms with van der Waals surface area (Å²) in [6, 6.07) is 1.71. The van der Waals surface area contributed by atoms with Crippen LogP contribution in [0.2, 0.25) is 0 Å². The second-order valence-electron chi connectivity index (χ2n) is 5.66. The van der Waals surface area contributed by atoms with Gasteiger partial charge in [-0.3, -0.25) is 9.79 Å². The van der Waals surface area contributed by atoms with E-state index < -0.39 is 13.0 Å². The Labute approximate surface area is 151 Å². The molecule has 0 saturated heterocycles. The number of alkyl halides is 2. The van der Waals surface area contributed by atoms with Gasteiger partial charge in [0.15, 0.2) is 0 Å². The highest BCUT2D eigenvalue weighted by molar-refractivity contribution is 5.99. The maximum absolute atomic E-state index is 12.4. The zero-order valence-electron chi connectivity index (χ0n) is 15.0. The third-order valence-electron chi connectivity index (χ3n) is 3.85. The molecule has 8 heteroatoms. The number of pyridine rings is 1. The second kappa shape index (κ2) is 9.07. The Bertz CT molecular complexity index is 745. The van der Waals surface area contributed by atoms with Gasteiger partial charge in [-0.15, -0.1) is 0 Å². The molecule has 0 saturated carbocycles. The number of rotatable bonds is 8. The summed E-state index contributed by atoms with van der Waals surface area (Å²) in [7, 11) is 3.30. The van der Waals surface area contributed by atoms with Gasteiger partial charge in [-0.05, 0) is 18.6 Å². The Hall–Kier alpha value is -2.77. The van der Waals surface area contributed by atoms with E-state index in [1.165, 1.54) is 13.3 Å². The molecule has 0 spiro atoms. The third kappa shape index (κ3) is 4.65. The number of anilines is 1. The smallest absolute Gasteiger partial charge is 0.272 e. The van der Waals surface area contributed by atoms with Crippen molar-refractivity contribution in [3.8, 4) is 0 Å². The van der Waals surface area contributed by atoms with Crippen molar-refractivity contribution in [1.29, 1.82) is 0 Å². The van der Waals surface area contributed by atoms with E-state index in [0.717, 1.165) is 5.56 Å². The average molecular weight is 364 g/mol. The van der Waals surface area contributed by atoms with Gasteiger partial charge in [0, 0.05) is 38.0 Å². The molecule has 0 aromatic carbocycles. The molecule has 140 valence electrons. The molecule has 0 atom stereocenters. The van der Waals surface area contributed by atoms with E-state index >= 15 is 0 Å². The van der Waals surface area contributed by atoms with E-state index in [0.29, 0.717) is 30.0 Å². The fourth-order valence-electron chi connectivity index (χ4n) is 2.61. The summed E-state index contributed by atoms with van der Waals surface area (Å²) in [6.07, 6.45) is 3.97. The number of nitrogens with one attached hydrogen (secondary N) is 1. The summed E-state index contributed by atoms with van der Waals surface area (Å²) >= 11 is 0. The number of fused-ring (bicyclic) bond motifs is 1. The van der Waals surface area contributed by atoms with Gasteiger partial charge in [-0.2, -0.15) is 0 Å². The molecule has 1 N–H and O–H groups in total. The van der Waals surface area contributed by atoms with Crippen LogP contribution in [0.4, 0.5) is 14.6 Å². The van der Waals surface area contributed by atoms with Crippen LogP contribution in [0.15, 0.2) is 40.7 Å². The first-order valence-electron chi connectivity index (χ1n) is 8.13. The zero-order chi connectivity index (χ0) is 19.1. The molecule has 0 aliphatic carbocycles. The molecule has 0 bridgehead atoms. The Balaban J connectivity index is 2.06. The van der Waals surface area contributed by atoms with Gasteiger partial charge >= 0.3 is 0 Å². The molecule has 0 fully saturated rings. The maximum Gasteiger partial charge on any atom is 0.272 e. The van der Waals surface area contributed by atoms with E-state index in [1.807, 2.05) is 0 Å². The van der Waals surface area contributed by atoms with Gasteiger partial charge in [-0.1, -0.05) is 12.2 Å². The SMILES string of the molecule is C\N=C/C(OCC(F)F)=C(C)\C=C\CN1Cc2c(ccnc2NC)C1=O. The number of hydrogen-bond donors (Lipinski definition) is 1. The van der Waals surface area contributed by atoms with Crippen LogP contribution in [0, 0.1) is 0 Å². The molecular weight excluding hydrogens is 342 g/mol. The van der Waals surface area contributed by atoms with Crippen molar-refractivity contribution in [3.05, 3.63) is 46.9 Å². The molecule has 0 radical (unpaired) electrons. The molecule has 1 aliphatic rings. The highest BCUT2D eigenvalue weighted by atomic mass is 19.3. The fourth-order valence-corrected chi connectivity index (χ4v) is 2.61. The molecule has 1 aliphatic heterocycles. The molecule has 2 heterocycles. The number of carbonyl (C=O) groups excluding carboxylic acids is 1. The first kappa shape index (κ1) is 19.6. The van der Waals surface area contributed by atoms with Crippen LogP contribution in [0.5, 0.6) is 0 Å².